The first-order valence-corrected chi connectivity index (χ1v) is 12.5. The van der Waals surface area contributed by atoms with Gasteiger partial charge in [-0.15, -0.1) is 11.8 Å². The molecule has 0 aliphatic carbocycles. The maximum atomic E-state index is 12.5. The van der Waals surface area contributed by atoms with E-state index in [1.165, 1.54) is 11.1 Å². The largest absolute Gasteiger partial charge is 0.352 e. The van der Waals surface area contributed by atoms with E-state index in [-0.39, 0.29) is 17.2 Å². The fourth-order valence-corrected chi connectivity index (χ4v) is 5.26. The number of rotatable bonds is 8. The SMILES string of the molecule is Cc1cccc(CCCNC(=O)c2ccc([C@@H]3SCC(=O)N3Cc3ccc(Cl)cc3)cc2)c1. The summed E-state index contributed by atoms with van der Waals surface area (Å²) in [6, 6.07) is 23.6. The van der Waals surface area contributed by atoms with Crippen LogP contribution in [0.3, 0.4) is 0 Å². The monoisotopic (exact) mass is 478 g/mol. The van der Waals surface area contributed by atoms with Gasteiger partial charge in [-0.1, -0.05) is 65.7 Å². The molecule has 3 aromatic carbocycles. The number of thioether (sulfide) groups is 1. The van der Waals surface area contributed by atoms with Crippen LogP contribution in [-0.4, -0.2) is 29.0 Å². The number of halogens is 1. The molecule has 6 heteroatoms. The molecule has 1 aliphatic rings. The summed E-state index contributed by atoms with van der Waals surface area (Å²) in [7, 11) is 0. The van der Waals surface area contributed by atoms with E-state index in [1.54, 1.807) is 11.8 Å². The second-order valence-corrected chi connectivity index (χ2v) is 9.79. The highest BCUT2D eigenvalue weighted by molar-refractivity contribution is 8.00. The minimum absolute atomic E-state index is 0.0559. The molecule has 4 nitrogen and oxygen atoms in total. The van der Waals surface area contributed by atoms with Crippen molar-refractivity contribution in [1.82, 2.24) is 10.2 Å². The molecule has 1 atom stereocenters. The van der Waals surface area contributed by atoms with Crippen LogP contribution < -0.4 is 5.32 Å². The minimum atomic E-state index is -0.0704. The first-order valence-electron chi connectivity index (χ1n) is 11.1. The predicted octanol–water partition coefficient (Wildman–Crippen LogP) is 5.79. The number of amides is 2. The van der Waals surface area contributed by atoms with Gasteiger partial charge in [-0.2, -0.15) is 0 Å². The molecule has 0 aromatic heterocycles. The fraction of sp³-hybridized carbons (Fsp3) is 0.259. The Kier molecular flexibility index (Phi) is 7.73. The molecule has 0 bridgehead atoms. The van der Waals surface area contributed by atoms with Gasteiger partial charge >= 0.3 is 0 Å². The summed E-state index contributed by atoms with van der Waals surface area (Å²) in [6.45, 7) is 3.26. The highest BCUT2D eigenvalue weighted by Crippen LogP contribution is 2.39. The summed E-state index contributed by atoms with van der Waals surface area (Å²) < 4.78 is 0. The quantitative estimate of drug-likeness (QED) is 0.417. The number of benzene rings is 3. The molecule has 0 radical (unpaired) electrons. The van der Waals surface area contributed by atoms with E-state index in [0.717, 1.165) is 24.0 Å². The molecule has 1 heterocycles. The summed E-state index contributed by atoms with van der Waals surface area (Å²) in [5.74, 6) is 0.510. The van der Waals surface area contributed by atoms with E-state index >= 15 is 0 Å². The van der Waals surface area contributed by atoms with Crippen molar-refractivity contribution in [3.63, 3.8) is 0 Å². The Morgan fingerprint density at radius 2 is 1.82 bits per heavy atom. The third-order valence-corrected chi connectivity index (χ3v) is 7.21. The topological polar surface area (TPSA) is 49.4 Å². The van der Waals surface area contributed by atoms with Crippen molar-refractivity contribution in [2.75, 3.05) is 12.3 Å². The Morgan fingerprint density at radius 1 is 1.06 bits per heavy atom. The van der Waals surface area contributed by atoms with Gasteiger partial charge in [0.2, 0.25) is 5.91 Å². The first kappa shape index (κ1) is 23.4. The lowest BCUT2D eigenvalue weighted by molar-refractivity contribution is -0.128. The number of carbonyl (C=O) groups excluding carboxylic acids is 2. The molecule has 4 rings (SSSR count). The zero-order valence-electron chi connectivity index (χ0n) is 18.6. The van der Waals surface area contributed by atoms with Crippen molar-refractivity contribution in [1.29, 1.82) is 0 Å². The molecule has 1 saturated heterocycles. The van der Waals surface area contributed by atoms with E-state index in [4.69, 9.17) is 11.6 Å². The highest BCUT2D eigenvalue weighted by Gasteiger charge is 2.32. The molecule has 0 saturated carbocycles. The standard InChI is InChI=1S/C27H27ClN2O2S/c1-19-4-2-5-20(16-19)6-3-15-29-26(32)22-9-11-23(12-10-22)27-30(25(31)18-33-27)17-21-7-13-24(28)14-8-21/h2,4-5,7-14,16,27H,3,6,15,17-18H2,1H3,(H,29,32)/t27-/m0/s1. The van der Waals surface area contributed by atoms with Gasteiger partial charge in [-0.25, -0.2) is 0 Å². The van der Waals surface area contributed by atoms with Crippen molar-refractivity contribution in [3.05, 3.63) is 106 Å². The van der Waals surface area contributed by atoms with Crippen molar-refractivity contribution >= 4 is 35.2 Å². The number of hydrogen-bond acceptors (Lipinski definition) is 3. The van der Waals surface area contributed by atoms with Crippen molar-refractivity contribution in [3.8, 4) is 0 Å². The van der Waals surface area contributed by atoms with Gasteiger partial charge in [0, 0.05) is 23.7 Å². The summed E-state index contributed by atoms with van der Waals surface area (Å²) in [6.07, 6.45) is 1.84. The van der Waals surface area contributed by atoms with Gasteiger partial charge in [-0.3, -0.25) is 9.59 Å². The van der Waals surface area contributed by atoms with Crippen LogP contribution in [0, 0.1) is 6.92 Å². The maximum Gasteiger partial charge on any atom is 0.251 e. The summed E-state index contributed by atoms with van der Waals surface area (Å²) in [4.78, 5) is 26.9. The molecule has 3 aromatic rings. The summed E-state index contributed by atoms with van der Waals surface area (Å²) in [5, 5.41) is 3.63. The molecule has 0 spiro atoms. The van der Waals surface area contributed by atoms with Crippen LogP contribution in [0.5, 0.6) is 0 Å². The number of hydrogen-bond donors (Lipinski definition) is 1. The van der Waals surface area contributed by atoms with Gasteiger partial charge < -0.3 is 10.2 Å². The van der Waals surface area contributed by atoms with Gasteiger partial charge in [0.1, 0.15) is 5.37 Å². The van der Waals surface area contributed by atoms with Gasteiger partial charge in [0.15, 0.2) is 0 Å². The Bertz CT molecular complexity index is 1120. The average molecular weight is 479 g/mol. The lowest BCUT2D eigenvalue weighted by Gasteiger charge is -2.24. The van der Waals surface area contributed by atoms with Gasteiger partial charge in [-0.05, 0) is 60.7 Å². The molecule has 170 valence electrons. The summed E-state index contributed by atoms with van der Waals surface area (Å²) in [5.41, 5.74) is 5.25. The van der Waals surface area contributed by atoms with Crippen molar-refractivity contribution in [2.24, 2.45) is 0 Å². The summed E-state index contributed by atoms with van der Waals surface area (Å²) >= 11 is 7.59. The zero-order chi connectivity index (χ0) is 23.2. The van der Waals surface area contributed by atoms with Gasteiger partial charge in [0.25, 0.3) is 5.91 Å². The normalized spacial score (nSPS) is 15.6. The molecule has 1 fully saturated rings. The first-order chi connectivity index (χ1) is 16.0. The van der Waals surface area contributed by atoms with Crippen LogP contribution in [0.25, 0.3) is 0 Å². The predicted molar refractivity (Wildman–Crippen MR) is 135 cm³/mol. The Balaban J connectivity index is 1.32. The molecule has 33 heavy (non-hydrogen) atoms. The van der Waals surface area contributed by atoms with E-state index < -0.39 is 0 Å². The van der Waals surface area contributed by atoms with Crippen LogP contribution in [0.15, 0.2) is 72.8 Å². The molecule has 1 N–H and O–H groups in total. The number of nitrogens with one attached hydrogen (secondary N) is 1. The molecule has 2 amide bonds. The third-order valence-electron chi connectivity index (χ3n) is 5.70. The molecule has 0 unspecified atom stereocenters. The van der Waals surface area contributed by atoms with E-state index in [9.17, 15) is 9.59 Å². The average Bonchev–Trinajstić information content (AvgIpc) is 3.18. The lowest BCUT2D eigenvalue weighted by Crippen LogP contribution is -2.28. The van der Waals surface area contributed by atoms with Crippen LogP contribution in [0.2, 0.25) is 5.02 Å². The second kappa shape index (κ2) is 10.9. The van der Waals surface area contributed by atoms with Gasteiger partial charge in [0.05, 0.1) is 5.75 Å². The number of carbonyl (C=O) groups is 2. The second-order valence-electron chi connectivity index (χ2n) is 8.28. The van der Waals surface area contributed by atoms with Crippen molar-refractivity contribution < 1.29 is 9.59 Å². The van der Waals surface area contributed by atoms with Crippen LogP contribution in [-0.2, 0) is 17.8 Å². The van der Waals surface area contributed by atoms with E-state index in [1.807, 2.05) is 53.4 Å². The van der Waals surface area contributed by atoms with E-state index in [2.05, 4.69) is 36.5 Å². The van der Waals surface area contributed by atoms with Crippen LogP contribution in [0.1, 0.15) is 44.4 Å². The smallest absolute Gasteiger partial charge is 0.251 e. The Hall–Kier alpha value is -2.76. The minimum Gasteiger partial charge on any atom is -0.352 e. The molecule has 1 aliphatic heterocycles. The maximum absolute atomic E-state index is 12.5. The van der Waals surface area contributed by atoms with Crippen molar-refractivity contribution in [2.45, 2.75) is 31.7 Å². The molecular weight excluding hydrogens is 452 g/mol. The van der Waals surface area contributed by atoms with E-state index in [0.29, 0.717) is 29.4 Å². The Labute approximate surface area is 204 Å². The number of aryl methyl sites for hydroxylation is 2. The fourth-order valence-electron chi connectivity index (χ4n) is 3.95. The third kappa shape index (κ3) is 6.18. The van der Waals surface area contributed by atoms with Crippen LogP contribution >= 0.6 is 23.4 Å². The lowest BCUT2D eigenvalue weighted by atomic mass is 10.1. The van der Waals surface area contributed by atoms with Crippen LogP contribution in [0.4, 0.5) is 0 Å². The zero-order valence-corrected chi connectivity index (χ0v) is 20.2. The highest BCUT2D eigenvalue weighted by atomic mass is 35.5. The Morgan fingerprint density at radius 3 is 2.55 bits per heavy atom. The number of nitrogens with zero attached hydrogens (tertiary/aromatic N) is 1. The molecular formula is C27H27ClN2O2S.